The van der Waals surface area contributed by atoms with Gasteiger partial charge in [0.25, 0.3) is 5.91 Å². The van der Waals surface area contributed by atoms with Gasteiger partial charge in [0.2, 0.25) is 0 Å². The molecule has 1 amide bonds. The number of methoxy groups -OCH3 is 1. The van der Waals surface area contributed by atoms with E-state index in [2.05, 4.69) is 10.2 Å². The Labute approximate surface area is 133 Å². The Bertz CT molecular complexity index is 334. The summed E-state index contributed by atoms with van der Waals surface area (Å²) in [5.41, 5.74) is 0. The van der Waals surface area contributed by atoms with Gasteiger partial charge in [0, 0.05) is 20.2 Å². The second-order valence-corrected chi connectivity index (χ2v) is 6.30. The molecule has 2 N–H and O–H groups in total. The van der Waals surface area contributed by atoms with Crippen LogP contribution in [0.2, 0.25) is 0 Å². The third-order valence-electron chi connectivity index (χ3n) is 4.55. The number of nitrogens with zero attached hydrogens (tertiary/aromatic N) is 1. The van der Waals surface area contributed by atoms with Crippen LogP contribution in [-0.4, -0.2) is 74.1 Å². The van der Waals surface area contributed by atoms with Crippen molar-refractivity contribution in [1.82, 2.24) is 10.2 Å². The van der Waals surface area contributed by atoms with Gasteiger partial charge in [-0.05, 0) is 45.2 Å². The number of likely N-dealkylation sites (tertiary alicyclic amines) is 1. The van der Waals surface area contributed by atoms with Crippen molar-refractivity contribution in [3.8, 4) is 0 Å². The molecule has 0 aliphatic carbocycles. The molecule has 0 unspecified atom stereocenters. The van der Waals surface area contributed by atoms with Crippen molar-refractivity contribution in [2.24, 2.45) is 0 Å². The van der Waals surface area contributed by atoms with Gasteiger partial charge < -0.3 is 24.8 Å². The minimum atomic E-state index is -0.739. The highest BCUT2D eigenvalue weighted by Crippen LogP contribution is 2.23. The molecule has 0 aromatic carbocycles. The van der Waals surface area contributed by atoms with E-state index in [1.165, 1.54) is 32.4 Å². The molecule has 0 spiro atoms. The molecule has 22 heavy (non-hydrogen) atoms. The van der Waals surface area contributed by atoms with Crippen molar-refractivity contribution in [3.63, 3.8) is 0 Å². The first-order valence-corrected chi connectivity index (χ1v) is 8.53. The zero-order chi connectivity index (χ0) is 15.8. The lowest BCUT2D eigenvalue weighted by Gasteiger charge is -2.34. The van der Waals surface area contributed by atoms with Crippen LogP contribution in [0.5, 0.6) is 0 Å². The Hall–Kier alpha value is -0.690. The van der Waals surface area contributed by atoms with E-state index >= 15 is 0 Å². The highest BCUT2D eigenvalue weighted by atomic mass is 16.5. The lowest BCUT2D eigenvalue weighted by molar-refractivity contribution is -0.158. The Morgan fingerprint density at radius 3 is 2.82 bits per heavy atom. The molecule has 0 aromatic rings. The average Bonchev–Trinajstić information content (AvgIpc) is 2.55. The molecule has 0 bridgehead atoms. The third kappa shape index (κ3) is 5.50. The summed E-state index contributed by atoms with van der Waals surface area (Å²) in [6, 6.07) is 0. The number of nitrogens with one attached hydrogen (secondary N) is 1. The first-order valence-electron chi connectivity index (χ1n) is 8.53. The van der Waals surface area contributed by atoms with Gasteiger partial charge in [0.15, 0.2) is 6.10 Å². The standard InChI is InChI=1S/C16H30N2O4/c1-21-12-8-17-16(20)15-14(19)6-5-13(22-15)7-11-18-9-3-2-4-10-18/h13-15,19H,2-12H2,1H3,(H,17,20)/t13-,14-,15-/m0/s1. The molecule has 2 rings (SSSR count). The number of rotatable bonds is 7. The number of carbonyl (C=O) groups excluding carboxylic acids is 1. The first-order chi connectivity index (χ1) is 10.7. The van der Waals surface area contributed by atoms with Crippen LogP contribution in [0.1, 0.15) is 38.5 Å². The molecule has 0 saturated carbocycles. The molecule has 2 fully saturated rings. The molecule has 2 saturated heterocycles. The second-order valence-electron chi connectivity index (χ2n) is 6.30. The van der Waals surface area contributed by atoms with Crippen molar-refractivity contribution >= 4 is 5.91 Å². The van der Waals surface area contributed by atoms with Crippen molar-refractivity contribution in [1.29, 1.82) is 0 Å². The maximum atomic E-state index is 12.1. The number of aliphatic hydroxyl groups excluding tert-OH is 1. The molecule has 6 nitrogen and oxygen atoms in total. The minimum absolute atomic E-state index is 0.0727. The van der Waals surface area contributed by atoms with Crippen LogP contribution in [0.4, 0.5) is 0 Å². The Morgan fingerprint density at radius 1 is 1.32 bits per heavy atom. The SMILES string of the molecule is COCCNC(=O)[C@H]1O[C@H](CCN2CCCCC2)CC[C@@H]1O. The zero-order valence-corrected chi connectivity index (χ0v) is 13.6. The van der Waals surface area contributed by atoms with Gasteiger partial charge in [-0.15, -0.1) is 0 Å². The van der Waals surface area contributed by atoms with E-state index in [1.807, 2.05) is 0 Å². The van der Waals surface area contributed by atoms with E-state index in [1.54, 1.807) is 7.11 Å². The number of ether oxygens (including phenoxy) is 2. The van der Waals surface area contributed by atoms with Crippen LogP contribution in [0, 0.1) is 0 Å². The van der Waals surface area contributed by atoms with Crippen LogP contribution < -0.4 is 5.32 Å². The van der Waals surface area contributed by atoms with E-state index in [9.17, 15) is 9.90 Å². The van der Waals surface area contributed by atoms with Gasteiger partial charge in [-0.3, -0.25) is 4.79 Å². The highest BCUT2D eigenvalue weighted by molar-refractivity contribution is 5.81. The number of carbonyl (C=O) groups is 1. The molecule has 3 atom stereocenters. The molecule has 2 aliphatic heterocycles. The van der Waals surface area contributed by atoms with E-state index < -0.39 is 12.2 Å². The van der Waals surface area contributed by atoms with Crippen LogP contribution in [0.25, 0.3) is 0 Å². The fourth-order valence-corrected chi connectivity index (χ4v) is 3.21. The summed E-state index contributed by atoms with van der Waals surface area (Å²) >= 11 is 0. The summed E-state index contributed by atoms with van der Waals surface area (Å²) in [6.07, 6.45) is 4.95. The Kier molecular flexibility index (Phi) is 7.59. The van der Waals surface area contributed by atoms with E-state index in [0.717, 1.165) is 19.4 Å². The fraction of sp³-hybridized carbons (Fsp3) is 0.938. The Morgan fingerprint density at radius 2 is 2.09 bits per heavy atom. The van der Waals surface area contributed by atoms with Gasteiger partial charge in [-0.1, -0.05) is 6.42 Å². The normalized spacial score (nSPS) is 30.2. The maximum Gasteiger partial charge on any atom is 0.251 e. The molecule has 2 heterocycles. The van der Waals surface area contributed by atoms with Crippen LogP contribution in [-0.2, 0) is 14.3 Å². The van der Waals surface area contributed by atoms with Crippen molar-refractivity contribution in [2.75, 3.05) is 39.9 Å². The smallest absolute Gasteiger partial charge is 0.251 e. The Balaban J connectivity index is 1.73. The maximum absolute atomic E-state index is 12.1. The van der Waals surface area contributed by atoms with Gasteiger partial charge >= 0.3 is 0 Å². The van der Waals surface area contributed by atoms with Gasteiger partial charge in [0.05, 0.1) is 18.8 Å². The monoisotopic (exact) mass is 314 g/mol. The highest BCUT2D eigenvalue weighted by Gasteiger charge is 2.34. The summed E-state index contributed by atoms with van der Waals surface area (Å²) in [6.45, 7) is 4.29. The number of aliphatic hydroxyl groups is 1. The topological polar surface area (TPSA) is 71.0 Å². The van der Waals surface area contributed by atoms with Crippen molar-refractivity contribution < 1.29 is 19.4 Å². The lowest BCUT2D eigenvalue weighted by Crippen LogP contribution is -2.50. The molecule has 0 aromatic heterocycles. The lowest BCUT2D eigenvalue weighted by atomic mass is 9.98. The number of hydrogen-bond acceptors (Lipinski definition) is 5. The first kappa shape index (κ1) is 17.7. The number of amides is 1. The van der Waals surface area contributed by atoms with Crippen molar-refractivity contribution in [2.45, 2.75) is 56.8 Å². The van der Waals surface area contributed by atoms with E-state index in [-0.39, 0.29) is 12.0 Å². The average molecular weight is 314 g/mol. The van der Waals surface area contributed by atoms with Crippen LogP contribution in [0.3, 0.4) is 0 Å². The van der Waals surface area contributed by atoms with Gasteiger partial charge in [0.1, 0.15) is 0 Å². The fourth-order valence-electron chi connectivity index (χ4n) is 3.21. The van der Waals surface area contributed by atoms with Gasteiger partial charge in [-0.25, -0.2) is 0 Å². The molecule has 2 aliphatic rings. The minimum Gasteiger partial charge on any atom is -0.390 e. The number of piperidine rings is 1. The summed E-state index contributed by atoms with van der Waals surface area (Å²) < 4.78 is 10.8. The second kappa shape index (κ2) is 9.45. The van der Waals surface area contributed by atoms with E-state index in [0.29, 0.717) is 19.6 Å². The predicted molar refractivity (Wildman–Crippen MR) is 83.7 cm³/mol. The quantitative estimate of drug-likeness (QED) is 0.671. The molecule has 128 valence electrons. The zero-order valence-electron chi connectivity index (χ0n) is 13.6. The molecule has 0 radical (unpaired) electrons. The van der Waals surface area contributed by atoms with Crippen LogP contribution >= 0.6 is 0 Å². The summed E-state index contributed by atoms with van der Waals surface area (Å²) in [4.78, 5) is 14.6. The molecular formula is C16H30N2O4. The molecule has 6 heteroatoms. The number of hydrogen-bond donors (Lipinski definition) is 2. The van der Waals surface area contributed by atoms with Crippen molar-refractivity contribution in [3.05, 3.63) is 0 Å². The van der Waals surface area contributed by atoms with Crippen LogP contribution in [0.15, 0.2) is 0 Å². The predicted octanol–water partition coefficient (Wildman–Crippen LogP) is 0.534. The largest absolute Gasteiger partial charge is 0.390 e. The summed E-state index contributed by atoms with van der Waals surface area (Å²) in [5, 5.41) is 12.8. The van der Waals surface area contributed by atoms with Gasteiger partial charge in [-0.2, -0.15) is 0 Å². The molecular weight excluding hydrogens is 284 g/mol. The summed E-state index contributed by atoms with van der Waals surface area (Å²) in [5.74, 6) is -0.229. The summed E-state index contributed by atoms with van der Waals surface area (Å²) in [7, 11) is 1.59. The third-order valence-corrected chi connectivity index (χ3v) is 4.55. The van der Waals surface area contributed by atoms with E-state index in [4.69, 9.17) is 9.47 Å².